The predicted molar refractivity (Wildman–Crippen MR) is 137 cm³/mol. The Bertz CT molecular complexity index is 1140. The molecule has 35 heavy (non-hydrogen) atoms. The van der Waals surface area contributed by atoms with Gasteiger partial charge >= 0.3 is 0 Å². The van der Waals surface area contributed by atoms with Crippen LogP contribution in [0.15, 0.2) is 73.1 Å². The van der Waals surface area contributed by atoms with Crippen LogP contribution < -0.4 is 9.64 Å². The SMILES string of the molecule is CCCCC(=O)N1CCC(CC2c3ccncc3N(c3ccc(Oc4ccccc4)cc3)C2O)C1. The van der Waals surface area contributed by atoms with E-state index in [-0.39, 0.29) is 11.8 Å². The third kappa shape index (κ3) is 5.03. The second-order valence-corrected chi connectivity index (χ2v) is 9.57. The van der Waals surface area contributed by atoms with E-state index in [4.69, 9.17) is 4.74 Å². The van der Waals surface area contributed by atoms with Gasteiger partial charge in [0.25, 0.3) is 0 Å². The number of aliphatic hydroxyl groups is 1. The number of anilines is 2. The van der Waals surface area contributed by atoms with Crippen LogP contribution in [-0.4, -0.2) is 40.2 Å². The molecule has 3 aromatic rings. The normalized spacial score (nSPS) is 21.3. The van der Waals surface area contributed by atoms with Gasteiger partial charge in [0.1, 0.15) is 17.7 Å². The molecule has 182 valence electrons. The molecule has 1 N–H and O–H groups in total. The number of hydrogen-bond donors (Lipinski definition) is 1. The molecule has 0 aliphatic carbocycles. The van der Waals surface area contributed by atoms with Gasteiger partial charge in [-0.25, -0.2) is 0 Å². The number of unbranched alkanes of at least 4 members (excludes halogenated alkanes) is 1. The molecule has 2 aliphatic heterocycles. The smallest absolute Gasteiger partial charge is 0.222 e. The number of aliphatic hydroxyl groups excluding tert-OH is 1. The average Bonchev–Trinajstić information content (AvgIpc) is 3.47. The van der Waals surface area contributed by atoms with E-state index in [0.717, 1.165) is 67.2 Å². The van der Waals surface area contributed by atoms with Gasteiger partial charge in [-0.3, -0.25) is 9.78 Å². The molecule has 6 heteroatoms. The molecule has 0 bridgehead atoms. The van der Waals surface area contributed by atoms with Crippen LogP contribution >= 0.6 is 0 Å². The molecule has 6 nitrogen and oxygen atoms in total. The molecular formula is C29H33N3O3. The quantitative estimate of drug-likeness (QED) is 0.446. The Morgan fingerprint density at radius 1 is 1.09 bits per heavy atom. The summed E-state index contributed by atoms with van der Waals surface area (Å²) < 4.78 is 5.93. The molecule has 3 atom stereocenters. The Kier molecular flexibility index (Phi) is 7.00. The van der Waals surface area contributed by atoms with E-state index in [0.29, 0.717) is 12.3 Å². The monoisotopic (exact) mass is 471 g/mol. The first kappa shape index (κ1) is 23.4. The number of amides is 1. The van der Waals surface area contributed by atoms with Crippen molar-refractivity contribution < 1.29 is 14.6 Å². The Labute approximate surface area is 207 Å². The van der Waals surface area contributed by atoms with Crippen molar-refractivity contribution >= 4 is 17.3 Å². The number of benzene rings is 2. The van der Waals surface area contributed by atoms with Crippen LogP contribution in [0.2, 0.25) is 0 Å². The fraction of sp³-hybridized carbons (Fsp3) is 0.379. The second-order valence-electron chi connectivity index (χ2n) is 9.57. The van der Waals surface area contributed by atoms with Crippen LogP contribution in [0.1, 0.15) is 50.5 Å². The maximum Gasteiger partial charge on any atom is 0.222 e. The fourth-order valence-electron chi connectivity index (χ4n) is 5.33. The molecule has 3 heterocycles. The van der Waals surface area contributed by atoms with Crippen LogP contribution in [0.4, 0.5) is 11.4 Å². The van der Waals surface area contributed by atoms with Gasteiger partial charge in [0.05, 0.1) is 11.9 Å². The maximum absolute atomic E-state index is 12.5. The van der Waals surface area contributed by atoms with Crippen LogP contribution in [0, 0.1) is 5.92 Å². The molecule has 1 amide bonds. The molecule has 1 aromatic heterocycles. The van der Waals surface area contributed by atoms with Crippen LogP contribution in [0.3, 0.4) is 0 Å². The Balaban J connectivity index is 1.30. The van der Waals surface area contributed by atoms with Gasteiger partial charge in [-0.05, 0) is 73.2 Å². The van der Waals surface area contributed by atoms with E-state index in [2.05, 4.69) is 11.9 Å². The Morgan fingerprint density at radius 3 is 2.63 bits per heavy atom. The summed E-state index contributed by atoms with van der Waals surface area (Å²) in [6.45, 7) is 3.73. The van der Waals surface area contributed by atoms with Crippen molar-refractivity contribution in [1.82, 2.24) is 9.88 Å². The lowest BCUT2D eigenvalue weighted by Crippen LogP contribution is -2.31. The van der Waals surface area contributed by atoms with Crippen molar-refractivity contribution in [2.24, 2.45) is 5.92 Å². The van der Waals surface area contributed by atoms with Crippen molar-refractivity contribution in [1.29, 1.82) is 0 Å². The third-order valence-corrected chi connectivity index (χ3v) is 7.18. The van der Waals surface area contributed by atoms with Gasteiger partial charge in [-0.1, -0.05) is 31.5 Å². The second kappa shape index (κ2) is 10.5. The highest BCUT2D eigenvalue weighted by Gasteiger charge is 2.40. The molecule has 2 aliphatic rings. The summed E-state index contributed by atoms with van der Waals surface area (Å²) in [5.74, 6) is 2.17. The zero-order valence-electron chi connectivity index (χ0n) is 20.2. The van der Waals surface area contributed by atoms with E-state index in [9.17, 15) is 9.90 Å². The highest BCUT2D eigenvalue weighted by Crippen LogP contribution is 2.47. The largest absolute Gasteiger partial charge is 0.457 e. The van der Waals surface area contributed by atoms with E-state index < -0.39 is 6.23 Å². The maximum atomic E-state index is 12.5. The van der Waals surface area contributed by atoms with Crippen molar-refractivity contribution in [3.8, 4) is 11.5 Å². The standard InChI is InChI=1S/C29H33N3O3/c1-2-3-9-28(33)31-17-15-21(20-31)18-26-25-14-16-30-19-27(25)32(29(26)34)22-10-12-24(13-11-22)35-23-7-5-4-6-8-23/h4-8,10-14,16,19,21,26,29,34H,2-3,9,15,17-18,20H2,1H3. The summed E-state index contributed by atoms with van der Waals surface area (Å²) in [6, 6.07) is 19.5. The summed E-state index contributed by atoms with van der Waals surface area (Å²) in [5.41, 5.74) is 2.96. The van der Waals surface area contributed by atoms with E-state index in [1.807, 2.05) is 76.7 Å². The lowest BCUT2D eigenvalue weighted by Gasteiger charge is -2.27. The Morgan fingerprint density at radius 2 is 1.86 bits per heavy atom. The van der Waals surface area contributed by atoms with E-state index in [1.165, 1.54) is 0 Å². The highest BCUT2D eigenvalue weighted by atomic mass is 16.5. The minimum absolute atomic E-state index is 0.0241. The summed E-state index contributed by atoms with van der Waals surface area (Å²) in [4.78, 5) is 20.8. The highest BCUT2D eigenvalue weighted by molar-refractivity contribution is 5.76. The number of fused-ring (bicyclic) bond motifs is 1. The van der Waals surface area contributed by atoms with Crippen LogP contribution in [-0.2, 0) is 4.79 Å². The number of pyridine rings is 1. The topological polar surface area (TPSA) is 65.9 Å². The zero-order chi connectivity index (χ0) is 24.2. The molecular weight excluding hydrogens is 438 g/mol. The lowest BCUT2D eigenvalue weighted by molar-refractivity contribution is -0.130. The lowest BCUT2D eigenvalue weighted by atomic mass is 9.89. The number of aromatic nitrogens is 1. The number of para-hydroxylation sites is 1. The fourth-order valence-corrected chi connectivity index (χ4v) is 5.33. The first-order valence-electron chi connectivity index (χ1n) is 12.7. The molecule has 5 rings (SSSR count). The number of rotatable bonds is 8. The molecule has 1 saturated heterocycles. The molecule has 1 fully saturated rings. The van der Waals surface area contributed by atoms with Gasteiger partial charge < -0.3 is 19.6 Å². The summed E-state index contributed by atoms with van der Waals surface area (Å²) in [7, 11) is 0. The molecule has 2 aromatic carbocycles. The predicted octanol–water partition coefficient (Wildman–Crippen LogP) is 5.86. The van der Waals surface area contributed by atoms with Crippen molar-refractivity contribution in [3.63, 3.8) is 0 Å². The number of likely N-dealkylation sites (tertiary alicyclic amines) is 1. The number of carbonyl (C=O) groups excluding carboxylic acids is 1. The van der Waals surface area contributed by atoms with Gasteiger partial charge in [0.2, 0.25) is 5.91 Å². The summed E-state index contributed by atoms with van der Waals surface area (Å²) >= 11 is 0. The van der Waals surface area contributed by atoms with E-state index in [1.54, 1.807) is 6.20 Å². The summed E-state index contributed by atoms with van der Waals surface area (Å²) in [5, 5.41) is 11.5. The number of carbonyl (C=O) groups is 1. The van der Waals surface area contributed by atoms with Crippen molar-refractivity contribution in [3.05, 3.63) is 78.6 Å². The third-order valence-electron chi connectivity index (χ3n) is 7.18. The van der Waals surface area contributed by atoms with Gasteiger partial charge in [-0.15, -0.1) is 0 Å². The molecule has 3 unspecified atom stereocenters. The number of ether oxygens (including phenoxy) is 1. The number of nitrogens with zero attached hydrogens (tertiary/aromatic N) is 3. The van der Waals surface area contributed by atoms with Gasteiger partial charge in [-0.2, -0.15) is 0 Å². The van der Waals surface area contributed by atoms with Crippen molar-refractivity contribution in [2.45, 2.75) is 51.2 Å². The van der Waals surface area contributed by atoms with Gasteiger partial charge in [0.15, 0.2) is 0 Å². The van der Waals surface area contributed by atoms with Gasteiger partial charge in [0, 0.05) is 37.3 Å². The summed E-state index contributed by atoms with van der Waals surface area (Å²) in [6.07, 6.45) is 7.43. The number of hydrogen-bond acceptors (Lipinski definition) is 5. The first-order valence-corrected chi connectivity index (χ1v) is 12.7. The van der Waals surface area contributed by atoms with Crippen LogP contribution in [0.5, 0.6) is 11.5 Å². The first-order chi connectivity index (χ1) is 17.1. The van der Waals surface area contributed by atoms with Crippen molar-refractivity contribution in [2.75, 3.05) is 18.0 Å². The minimum Gasteiger partial charge on any atom is -0.457 e. The Hall–Kier alpha value is -3.38. The minimum atomic E-state index is -0.681. The molecule has 0 spiro atoms. The molecule has 0 radical (unpaired) electrons. The van der Waals surface area contributed by atoms with Crippen LogP contribution in [0.25, 0.3) is 0 Å². The average molecular weight is 472 g/mol. The zero-order valence-corrected chi connectivity index (χ0v) is 20.2. The van der Waals surface area contributed by atoms with E-state index >= 15 is 0 Å². The molecule has 0 saturated carbocycles.